The lowest BCUT2D eigenvalue weighted by Crippen LogP contribution is -2.41. The van der Waals surface area contributed by atoms with Gasteiger partial charge in [-0.25, -0.2) is 0 Å². The van der Waals surface area contributed by atoms with Gasteiger partial charge in [-0.15, -0.1) is 0 Å². The molecule has 0 radical (unpaired) electrons. The van der Waals surface area contributed by atoms with E-state index in [0.29, 0.717) is 5.75 Å². The monoisotopic (exact) mass is 1650 g/mol. The van der Waals surface area contributed by atoms with Crippen molar-refractivity contribution in [2.75, 3.05) is 0 Å². The molecule has 0 saturated carbocycles. The molecule has 3 aliphatic heterocycles. The van der Waals surface area contributed by atoms with Crippen LogP contribution in [-0.2, 0) is 27.9 Å². The van der Waals surface area contributed by atoms with Crippen LogP contribution >= 0.6 is 86.3 Å². The third-order valence-electron chi connectivity index (χ3n) is 18.5. The normalized spacial score (nSPS) is 16.8. The van der Waals surface area contributed by atoms with Crippen molar-refractivity contribution in [3.05, 3.63) is 246 Å². The summed E-state index contributed by atoms with van der Waals surface area (Å²) in [6.45, 7) is 24.5. The molecule has 13 aromatic rings. The summed E-state index contributed by atoms with van der Waals surface area (Å²) < 4.78 is 59.3. The highest BCUT2D eigenvalue weighted by Gasteiger charge is 2.64. The first kappa shape index (κ1) is 71.3. The summed E-state index contributed by atoms with van der Waals surface area (Å²) in [5, 5.41) is 16.7. The number of halogens is 5. The maximum atomic E-state index is 9.80. The molecule has 3 saturated heterocycles. The minimum Gasteiger partial charge on any atom is -0.506 e. The largest absolute Gasteiger partial charge is 0.506 e. The average Bonchev–Trinajstić information content (AvgIpc) is 1.61. The molecule has 0 spiro atoms. The third-order valence-corrected chi connectivity index (χ3v) is 21.5. The van der Waals surface area contributed by atoms with Gasteiger partial charge in [0, 0.05) is 61.4 Å². The van der Waals surface area contributed by atoms with E-state index in [0.717, 1.165) is 95.3 Å². The van der Waals surface area contributed by atoms with Crippen LogP contribution in [0.25, 0.3) is 88.1 Å². The van der Waals surface area contributed by atoms with Gasteiger partial charge in [0.05, 0.1) is 42.6 Å². The molecule has 1 N–H and O–H groups in total. The maximum absolute atomic E-state index is 9.80. The molecule has 0 amide bonds. The predicted molar refractivity (Wildman–Crippen MR) is 418 cm³/mol. The van der Waals surface area contributed by atoms with Gasteiger partial charge in [-0.3, -0.25) is 0 Å². The lowest BCUT2D eigenvalue weighted by Gasteiger charge is -2.32. The number of para-hydroxylation sites is 7. The second-order valence-electron chi connectivity index (χ2n) is 26.6. The summed E-state index contributed by atoms with van der Waals surface area (Å²) in [6.07, 6.45) is 0. The Labute approximate surface area is 610 Å². The summed E-state index contributed by atoms with van der Waals surface area (Å²) in [7, 11) is -1.36. The molecule has 3 fully saturated rings. The van der Waals surface area contributed by atoms with Crippen LogP contribution in [0.1, 0.15) is 83.1 Å². The molecule has 10 nitrogen and oxygen atoms in total. The fraction of sp³-hybridized carbons (Fsp3) is 0.231. The van der Waals surface area contributed by atoms with Crippen molar-refractivity contribution in [2.24, 2.45) is 0 Å². The Morgan fingerprint density at radius 3 is 1.15 bits per heavy atom. The number of hydrogen-bond donors (Lipinski definition) is 1. The SMILES string of the molecule is Brc1ccc(-c2cccc3c2oc2ccccc23)cc1.Brc1ccc(I)cc1.Brc1cccc2c1oc1ccccc12.CC1(C)OB(B2OC(C)(C)C(C)(C)O2)OC1(C)C.CC1(C)OB(c2cccc3c2oc2ccccc23)OC1(C)C.Oc1c(Br)cccc1-c1ccccc1. The van der Waals surface area contributed by atoms with Gasteiger partial charge >= 0.3 is 21.1 Å². The molecular formula is C78H74B3Br4IO10. The summed E-state index contributed by atoms with van der Waals surface area (Å²) in [5.74, 6) is 0.290. The molecule has 18 heteroatoms. The number of furan rings is 3. The quantitative estimate of drug-likeness (QED) is 0.135. The molecule has 0 atom stereocenters. The van der Waals surface area contributed by atoms with Crippen LogP contribution < -0.4 is 5.46 Å². The first-order valence-electron chi connectivity index (χ1n) is 31.7. The second-order valence-corrected chi connectivity index (χ2v) is 31.4. The van der Waals surface area contributed by atoms with E-state index in [4.69, 9.17) is 41.2 Å². The van der Waals surface area contributed by atoms with Crippen LogP contribution in [0.2, 0.25) is 0 Å². The number of aromatic hydroxyl groups is 1. The van der Waals surface area contributed by atoms with Crippen molar-refractivity contribution in [3.63, 3.8) is 0 Å². The van der Waals surface area contributed by atoms with Crippen LogP contribution in [0.4, 0.5) is 0 Å². The highest BCUT2D eigenvalue weighted by molar-refractivity contribution is 14.1. The van der Waals surface area contributed by atoms with Gasteiger partial charge in [0.2, 0.25) is 0 Å². The molecule has 3 aliphatic rings. The van der Waals surface area contributed by atoms with Crippen molar-refractivity contribution in [1.29, 1.82) is 0 Å². The lowest BCUT2D eigenvalue weighted by molar-refractivity contribution is 0.00578. The summed E-state index contributed by atoms with van der Waals surface area (Å²) in [5.41, 5.74) is 8.46. The molecule has 490 valence electrons. The van der Waals surface area contributed by atoms with Crippen molar-refractivity contribution in [2.45, 2.75) is 117 Å². The first-order valence-corrected chi connectivity index (χ1v) is 35.9. The number of phenols is 1. The van der Waals surface area contributed by atoms with Crippen molar-refractivity contribution < 1.29 is 46.3 Å². The van der Waals surface area contributed by atoms with E-state index in [1.807, 2.05) is 195 Å². The van der Waals surface area contributed by atoms with Crippen LogP contribution in [0.3, 0.4) is 0 Å². The Morgan fingerprint density at radius 1 is 0.312 bits per heavy atom. The highest BCUT2D eigenvalue weighted by atomic mass is 127. The Bertz CT molecular complexity index is 4750. The summed E-state index contributed by atoms with van der Waals surface area (Å²) in [6, 6.07) is 74.8. The molecule has 10 aromatic carbocycles. The van der Waals surface area contributed by atoms with Gasteiger partial charge in [0.1, 0.15) is 39.2 Å². The van der Waals surface area contributed by atoms with Gasteiger partial charge in [0.15, 0.2) is 0 Å². The fourth-order valence-corrected chi connectivity index (χ4v) is 12.7. The number of fused-ring (bicyclic) bond motifs is 9. The van der Waals surface area contributed by atoms with Gasteiger partial charge in [-0.2, -0.15) is 0 Å². The summed E-state index contributed by atoms with van der Waals surface area (Å²) >= 11 is 15.9. The summed E-state index contributed by atoms with van der Waals surface area (Å²) in [4.78, 5) is 0. The Morgan fingerprint density at radius 2 is 0.656 bits per heavy atom. The van der Waals surface area contributed by atoms with Crippen LogP contribution in [-0.4, -0.2) is 59.8 Å². The molecule has 0 aliphatic carbocycles. The first-order chi connectivity index (χ1) is 45.5. The predicted octanol–water partition coefficient (Wildman–Crippen LogP) is 23.4. The van der Waals surface area contributed by atoms with E-state index in [1.165, 1.54) is 19.7 Å². The van der Waals surface area contributed by atoms with E-state index in [2.05, 4.69) is 199 Å². The van der Waals surface area contributed by atoms with Gasteiger partial charge in [-0.05, 0) is 215 Å². The van der Waals surface area contributed by atoms with Gasteiger partial charge < -0.3 is 46.3 Å². The second kappa shape index (κ2) is 29.1. The third kappa shape index (κ3) is 15.4. The van der Waals surface area contributed by atoms with Crippen LogP contribution in [0.5, 0.6) is 5.75 Å². The van der Waals surface area contributed by atoms with E-state index in [1.54, 1.807) is 0 Å². The van der Waals surface area contributed by atoms with Crippen molar-refractivity contribution in [1.82, 2.24) is 0 Å². The lowest BCUT2D eigenvalue weighted by atomic mass is 9.49. The number of benzene rings is 10. The minimum atomic E-state index is -0.476. The molecule has 16 rings (SSSR count). The number of rotatable bonds is 4. The molecule has 0 bridgehead atoms. The van der Waals surface area contributed by atoms with E-state index in [9.17, 15) is 5.11 Å². The number of phenolic OH excluding ortho intramolecular Hbond substituents is 1. The zero-order valence-electron chi connectivity index (χ0n) is 55.6. The Hall–Kier alpha value is -6.00. The molecule has 0 unspecified atom stereocenters. The average molecular weight is 1650 g/mol. The Balaban J connectivity index is 0.000000120. The van der Waals surface area contributed by atoms with Crippen LogP contribution in [0.15, 0.2) is 256 Å². The smallest absolute Gasteiger partial charge is 0.498 e. The standard InChI is InChI=1S/C18H19BO3.C18H11BrO.C12H24B2O4.C12H7BrO.C12H9BrO.C6H4BrI/c1-17(2)18(3,4)22-19(21-17)14-10-7-9-13-12-8-5-6-11-15(12)20-16(13)14;19-13-10-8-12(9-11-13)14-5-3-6-16-15-4-1-2-7-17(15)20-18(14)16;1-9(2)10(3,4)16-13(15-9)14-17-11(5,6)12(7,8)18-14;13-10-6-3-5-9-8-4-1-2-7-11(8)14-12(9)10;13-11-8-4-7-10(12(11)14)9-5-2-1-3-6-9;7-5-1-3-6(8)4-2-5/h5-11H,1-4H3;1-11H;1-8H3;1-7H;1-8,14H;1-4H. The molecular weight excluding hydrogens is 1580 g/mol. The molecule has 6 heterocycles. The van der Waals surface area contributed by atoms with E-state index < -0.39 is 21.1 Å². The zero-order valence-corrected chi connectivity index (χ0v) is 64.1. The topological polar surface area (TPSA) is 115 Å². The fourth-order valence-electron chi connectivity index (χ4n) is 11.0. The van der Waals surface area contributed by atoms with Gasteiger partial charge in [-0.1, -0.05) is 190 Å². The van der Waals surface area contributed by atoms with Crippen molar-refractivity contribution in [3.8, 4) is 28.0 Å². The molecule has 3 aromatic heterocycles. The van der Waals surface area contributed by atoms with E-state index >= 15 is 0 Å². The highest BCUT2D eigenvalue weighted by Crippen LogP contribution is 2.44. The van der Waals surface area contributed by atoms with E-state index in [-0.39, 0.29) is 33.6 Å². The van der Waals surface area contributed by atoms with Gasteiger partial charge in [0.25, 0.3) is 0 Å². The van der Waals surface area contributed by atoms with Crippen LogP contribution in [0, 0.1) is 3.57 Å². The molecule has 96 heavy (non-hydrogen) atoms. The maximum Gasteiger partial charge on any atom is 0.498 e. The number of hydrogen-bond acceptors (Lipinski definition) is 10. The zero-order chi connectivity index (χ0) is 68.5. The minimum absolute atomic E-state index is 0.290. The Kier molecular flexibility index (Phi) is 21.6. The van der Waals surface area contributed by atoms with Crippen molar-refractivity contribution >= 4 is 179 Å².